The molecule has 0 aromatic heterocycles. The second-order valence-corrected chi connectivity index (χ2v) is 7.17. The summed E-state index contributed by atoms with van der Waals surface area (Å²) in [5.74, 6) is 7.39. The van der Waals surface area contributed by atoms with E-state index in [0.29, 0.717) is 0 Å². The molecule has 1 heterocycles. The lowest BCUT2D eigenvalue weighted by Crippen LogP contribution is -2.46. The van der Waals surface area contributed by atoms with Gasteiger partial charge in [0.1, 0.15) is 5.75 Å². The third kappa shape index (κ3) is 4.88. The highest BCUT2D eigenvalue weighted by Gasteiger charge is 2.34. The first-order valence-corrected chi connectivity index (χ1v) is 9.23. The second-order valence-electron chi connectivity index (χ2n) is 7.17. The fraction of sp³-hybridized carbons (Fsp3) is 0.391. The van der Waals surface area contributed by atoms with Gasteiger partial charge in [0.05, 0.1) is 20.3 Å². The average molecular weight is 349 g/mol. The Labute approximate surface area is 156 Å². The van der Waals surface area contributed by atoms with E-state index in [2.05, 4.69) is 28.9 Å². The lowest BCUT2D eigenvalue weighted by atomic mass is 9.75. The van der Waals surface area contributed by atoms with Gasteiger partial charge in [-0.1, -0.05) is 42.2 Å². The summed E-state index contributed by atoms with van der Waals surface area (Å²) >= 11 is 0. The SMILES string of the molecule is COc1cccc(CC2(CO)CCCN(CC#Cc3ccccc3)C2)c1. The van der Waals surface area contributed by atoms with Crippen molar-refractivity contribution in [3.05, 3.63) is 65.7 Å². The third-order valence-corrected chi connectivity index (χ3v) is 5.10. The highest BCUT2D eigenvalue weighted by molar-refractivity contribution is 5.34. The van der Waals surface area contributed by atoms with Crippen LogP contribution in [-0.2, 0) is 6.42 Å². The average Bonchev–Trinajstić information content (AvgIpc) is 2.69. The molecule has 1 N–H and O–H groups in total. The minimum Gasteiger partial charge on any atom is -0.497 e. The van der Waals surface area contributed by atoms with Crippen LogP contribution in [0, 0.1) is 17.3 Å². The largest absolute Gasteiger partial charge is 0.497 e. The molecule has 0 spiro atoms. The smallest absolute Gasteiger partial charge is 0.119 e. The van der Waals surface area contributed by atoms with E-state index in [-0.39, 0.29) is 12.0 Å². The number of likely N-dealkylation sites (tertiary alicyclic amines) is 1. The summed E-state index contributed by atoms with van der Waals surface area (Å²) in [6, 6.07) is 18.3. The molecule has 0 amide bonds. The Bertz CT molecular complexity index is 763. The Morgan fingerprint density at radius 3 is 2.77 bits per heavy atom. The van der Waals surface area contributed by atoms with Crippen LogP contribution >= 0.6 is 0 Å². The molecule has 1 atom stereocenters. The molecule has 136 valence electrons. The summed E-state index contributed by atoms with van der Waals surface area (Å²) in [6.07, 6.45) is 3.00. The van der Waals surface area contributed by atoms with Crippen LogP contribution in [0.25, 0.3) is 0 Å². The van der Waals surface area contributed by atoms with Crippen LogP contribution in [0.2, 0.25) is 0 Å². The van der Waals surface area contributed by atoms with Crippen LogP contribution < -0.4 is 4.74 Å². The van der Waals surface area contributed by atoms with Crippen molar-refractivity contribution in [3.8, 4) is 17.6 Å². The maximum atomic E-state index is 10.2. The van der Waals surface area contributed by atoms with Crippen molar-refractivity contribution in [1.29, 1.82) is 0 Å². The lowest BCUT2D eigenvalue weighted by Gasteiger charge is -2.41. The number of hydrogen-bond donors (Lipinski definition) is 1. The fourth-order valence-corrected chi connectivity index (χ4v) is 3.76. The van der Waals surface area contributed by atoms with Gasteiger partial charge in [-0.25, -0.2) is 0 Å². The Hall–Kier alpha value is -2.28. The van der Waals surface area contributed by atoms with E-state index in [0.717, 1.165) is 50.2 Å². The number of rotatable bonds is 5. The van der Waals surface area contributed by atoms with E-state index < -0.39 is 0 Å². The number of methoxy groups -OCH3 is 1. The van der Waals surface area contributed by atoms with Gasteiger partial charge in [0.15, 0.2) is 0 Å². The van der Waals surface area contributed by atoms with Crippen molar-refractivity contribution in [1.82, 2.24) is 4.90 Å². The summed E-state index contributed by atoms with van der Waals surface area (Å²) < 4.78 is 5.34. The number of ether oxygens (including phenoxy) is 1. The maximum absolute atomic E-state index is 10.2. The van der Waals surface area contributed by atoms with Crippen LogP contribution in [0.3, 0.4) is 0 Å². The lowest BCUT2D eigenvalue weighted by molar-refractivity contribution is 0.0383. The second kappa shape index (κ2) is 8.89. The van der Waals surface area contributed by atoms with E-state index in [9.17, 15) is 5.11 Å². The topological polar surface area (TPSA) is 32.7 Å². The van der Waals surface area contributed by atoms with Gasteiger partial charge in [-0.05, 0) is 55.6 Å². The Morgan fingerprint density at radius 2 is 2.00 bits per heavy atom. The zero-order valence-corrected chi connectivity index (χ0v) is 15.4. The Kier molecular flexibility index (Phi) is 6.33. The predicted molar refractivity (Wildman–Crippen MR) is 105 cm³/mol. The first kappa shape index (κ1) is 18.5. The minimum absolute atomic E-state index is 0.0982. The molecular formula is C23H27NO2. The van der Waals surface area contributed by atoms with E-state index in [1.54, 1.807) is 7.11 Å². The van der Waals surface area contributed by atoms with Gasteiger partial charge in [0.25, 0.3) is 0 Å². The Balaban J connectivity index is 1.65. The monoisotopic (exact) mass is 349 g/mol. The van der Waals surface area contributed by atoms with Crippen molar-refractivity contribution >= 4 is 0 Å². The molecular weight excluding hydrogens is 322 g/mol. The molecule has 0 saturated carbocycles. The molecule has 0 bridgehead atoms. The van der Waals surface area contributed by atoms with E-state index >= 15 is 0 Å². The molecule has 1 aliphatic rings. The number of hydrogen-bond acceptors (Lipinski definition) is 3. The number of aliphatic hydroxyl groups excluding tert-OH is 1. The molecule has 1 saturated heterocycles. The molecule has 1 fully saturated rings. The molecule has 3 rings (SSSR count). The van der Waals surface area contributed by atoms with E-state index in [4.69, 9.17) is 4.74 Å². The summed E-state index contributed by atoms with van der Waals surface area (Å²) in [7, 11) is 1.69. The summed E-state index contributed by atoms with van der Waals surface area (Å²) in [4.78, 5) is 2.37. The first-order valence-electron chi connectivity index (χ1n) is 9.23. The predicted octanol–water partition coefficient (Wildman–Crippen LogP) is 3.36. The highest BCUT2D eigenvalue weighted by Crippen LogP contribution is 2.34. The molecule has 0 radical (unpaired) electrons. The van der Waals surface area contributed by atoms with Crippen molar-refractivity contribution in [2.24, 2.45) is 5.41 Å². The number of benzene rings is 2. The van der Waals surface area contributed by atoms with Crippen molar-refractivity contribution in [2.75, 3.05) is 33.4 Å². The molecule has 26 heavy (non-hydrogen) atoms. The van der Waals surface area contributed by atoms with Crippen molar-refractivity contribution in [2.45, 2.75) is 19.3 Å². The summed E-state index contributed by atoms with van der Waals surface area (Å²) in [6.45, 7) is 2.87. The fourth-order valence-electron chi connectivity index (χ4n) is 3.76. The molecule has 3 heteroatoms. The van der Waals surface area contributed by atoms with Gasteiger partial charge in [-0.3, -0.25) is 4.90 Å². The van der Waals surface area contributed by atoms with Gasteiger partial charge in [-0.2, -0.15) is 0 Å². The third-order valence-electron chi connectivity index (χ3n) is 5.10. The minimum atomic E-state index is -0.0982. The maximum Gasteiger partial charge on any atom is 0.119 e. The molecule has 0 aliphatic carbocycles. The molecule has 2 aromatic rings. The van der Waals surface area contributed by atoms with Gasteiger partial charge in [-0.15, -0.1) is 0 Å². The van der Waals surface area contributed by atoms with Crippen LogP contribution in [0.4, 0.5) is 0 Å². The van der Waals surface area contributed by atoms with Crippen LogP contribution in [0.15, 0.2) is 54.6 Å². The van der Waals surface area contributed by atoms with Gasteiger partial charge >= 0.3 is 0 Å². The first-order chi connectivity index (χ1) is 12.7. The van der Waals surface area contributed by atoms with Crippen LogP contribution in [0.1, 0.15) is 24.0 Å². The molecule has 3 nitrogen and oxygen atoms in total. The highest BCUT2D eigenvalue weighted by atomic mass is 16.5. The van der Waals surface area contributed by atoms with Crippen LogP contribution in [-0.4, -0.2) is 43.4 Å². The summed E-state index contributed by atoms with van der Waals surface area (Å²) in [5, 5.41) is 10.2. The molecule has 1 aliphatic heterocycles. The zero-order chi connectivity index (χ0) is 18.2. The standard InChI is InChI=1S/C23H27NO2/c1-26-22-12-5-10-21(16-22)17-23(19-25)13-7-15-24(18-23)14-6-11-20-8-3-2-4-9-20/h2-5,8-10,12,16,25H,7,13-15,17-19H2,1H3. The normalized spacial score (nSPS) is 20.2. The molecule has 1 unspecified atom stereocenters. The van der Waals surface area contributed by atoms with E-state index in [1.165, 1.54) is 5.56 Å². The number of piperidine rings is 1. The van der Waals surface area contributed by atoms with E-state index in [1.807, 2.05) is 42.5 Å². The number of aliphatic hydroxyl groups is 1. The number of nitrogens with zero attached hydrogens (tertiary/aromatic N) is 1. The van der Waals surface area contributed by atoms with Crippen LogP contribution in [0.5, 0.6) is 5.75 Å². The van der Waals surface area contributed by atoms with Crippen molar-refractivity contribution < 1.29 is 9.84 Å². The van der Waals surface area contributed by atoms with Gasteiger partial charge < -0.3 is 9.84 Å². The quantitative estimate of drug-likeness (QED) is 0.840. The van der Waals surface area contributed by atoms with Gasteiger partial charge in [0, 0.05) is 17.5 Å². The molecule has 2 aromatic carbocycles. The van der Waals surface area contributed by atoms with Gasteiger partial charge in [0.2, 0.25) is 0 Å². The Morgan fingerprint density at radius 1 is 1.15 bits per heavy atom. The van der Waals surface area contributed by atoms with Crippen molar-refractivity contribution in [3.63, 3.8) is 0 Å². The zero-order valence-electron chi connectivity index (χ0n) is 15.4. The summed E-state index contributed by atoms with van der Waals surface area (Å²) in [5.41, 5.74) is 2.17.